The van der Waals surface area contributed by atoms with Crippen LogP contribution in [0.15, 0.2) is 24.3 Å². The average molecular weight is 250 g/mol. The second-order valence-electron chi connectivity index (χ2n) is 4.96. The number of rotatable bonds is 2. The molecular weight excluding hydrogens is 235 g/mol. The quantitative estimate of drug-likeness (QED) is 0.853. The first kappa shape index (κ1) is 12.5. The van der Waals surface area contributed by atoms with Gasteiger partial charge in [0, 0.05) is 6.54 Å². The van der Waals surface area contributed by atoms with E-state index in [4.69, 9.17) is 0 Å². The van der Waals surface area contributed by atoms with E-state index >= 15 is 0 Å². The smallest absolute Gasteiger partial charge is 0.248 e. The Hall–Kier alpha value is -1.91. The molecule has 0 atom stereocenters. The lowest BCUT2D eigenvalue weighted by Crippen LogP contribution is -2.63. The fourth-order valence-electron chi connectivity index (χ4n) is 2.02. The Kier molecular flexibility index (Phi) is 3.07. The lowest BCUT2D eigenvalue weighted by molar-refractivity contribution is -0.148. The summed E-state index contributed by atoms with van der Waals surface area (Å²) >= 11 is 0. The summed E-state index contributed by atoms with van der Waals surface area (Å²) in [6.07, 6.45) is 0. The van der Waals surface area contributed by atoms with E-state index in [1.54, 1.807) is 26.0 Å². The number of hydrogen-bond acceptors (Lipinski definition) is 2. The normalized spacial score (nSPS) is 18.7. The van der Waals surface area contributed by atoms with Gasteiger partial charge in [-0.05, 0) is 31.5 Å². The highest BCUT2D eigenvalue weighted by molar-refractivity contribution is 5.97. The summed E-state index contributed by atoms with van der Waals surface area (Å²) in [5.41, 5.74) is -0.0784. The first-order valence-corrected chi connectivity index (χ1v) is 5.73. The molecule has 1 aromatic carbocycles. The minimum atomic E-state index is -0.880. The van der Waals surface area contributed by atoms with Crippen LogP contribution in [0.2, 0.25) is 0 Å². The molecule has 0 saturated carbocycles. The van der Waals surface area contributed by atoms with Crippen molar-refractivity contribution in [1.82, 2.24) is 10.2 Å². The zero-order valence-electron chi connectivity index (χ0n) is 10.4. The molecule has 2 amide bonds. The summed E-state index contributed by atoms with van der Waals surface area (Å²) in [6.45, 7) is 3.70. The molecule has 1 aliphatic heterocycles. The lowest BCUT2D eigenvalue weighted by Gasteiger charge is -2.37. The predicted octanol–water partition coefficient (Wildman–Crippen LogP) is 1.06. The first-order valence-electron chi connectivity index (χ1n) is 5.73. The van der Waals surface area contributed by atoms with Gasteiger partial charge < -0.3 is 10.2 Å². The van der Waals surface area contributed by atoms with Crippen LogP contribution in [0.3, 0.4) is 0 Å². The topological polar surface area (TPSA) is 49.4 Å². The number of amides is 2. The minimum absolute atomic E-state index is 0.0413. The van der Waals surface area contributed by atoms with Crippen LogP contribution in [0.5, 0.6) is 0 Å². The van der Waals surface area contributed by atoms with Gasteiger partial charge >= 0.3 is 0 Å². The van der Waals surface area contributed by atoms with Gasteiger partial charge in [-0.3, -0.25) is 9.59 Å². The fraction of sp³-hybridized carbons (Fsp3) is 0.385. The van der Waals surface area contributed by atoms with Crippen LogP contribution in [0, 0.1) is 5.82 Å². The minimum Gasteiger partial charge on any atom is -0.341 e. The number of carbonyl (C=O) groups is 2. The van der Waals surface area contributed by atoms with Crippen LogP contribution < -0.4 is 5.32 Å². The third kappa shape index (κ3) is 2.50. The highest BCUT2D eigenvalue weighted by Gasteiger charge is 2.38. The van der Waals surface area contributed by atoms with Crippen molar-refractivity contribution in [3.05, 3.63) is 35.6 Å². The monoisotopic (exact) mass is 250 g/mol. The summed E-state index contributed by atoms with van der Waals surface area (Å²) in [6, 6.07) is 5.91. The standard InChI is InChI=1S/C13H15FN2O2/c1-13(2)12(18)16(8-11(17)15-13)7-9-3-5-10(14)6-4-9/h3-6H,7-8H2,1-2H3,(H,15,17). The Morgan fingerprint density at radius 1 is 1.28 bits per heavy atom. The van der Waals surface area contributed by atoms with Crippen LogP contribution in [-0.4, -0.2) is 28.8 Å². The molecule has 0 bridgehead atoms. The third-order valence-electron chi connectivity index (χ3n) is 2.89. The molecule has 1 fully saturated rings. The Labute approximate surface area is 105 Å². The largest absolute Gasteiger partial charge is 0.341 e. The van der Waals surface area contributed by atoms with Crippen molar-refractivity contribution >= 4 is 11.8 Å². The molecule has 0 aromatic heterocycles. The highest BCUT2D eigenvalue weighted by atomic mass is 19.1. The zero-order chi connectivity index (χ0) is 13.3. The van der Waals surface area contributed by atoms with Crippen molar-refractivity contribution in [3.63, 3.8) is 0 Å². The van der Waals surface area contributed by atoms with Crippen LogP contribution in [-0.2, 0) is 16.1 Å². The SMILES string of the molecule is CC1(C)NC(=O)CN(Cc2ccc(F)cc2)C1=O. The number of hydrogen-bond donors (Lipinski definition) is 1. The predicted molar refractivity (Wildman–Crippen MR) is 64.0 cm³/mol. The number of halogens is 1. The lowest BCUT2D eigenvalue weighted by atomic mass is 10.00. The molecular formula is C13H15FN2O2. The number of carbonyl (C=O) groups excluding carboxylic acids is 2. The van der Waals surface area contributed by atoms with E-state index in [0.717, 1.165) is 5.56 Å². The van der Waals surface area contributed by atoms with Gasteiger partial charge in [0.05, 0.1) is 6.54 Å². The molecule has 0 spiro atoms. The zero-order valence-corrected chi connectivity index (χ0v) is 10.4. The van der Waals surface area contributed by atoms with E-state index in [1.165, 1.54) is 17.0 Å². The van der Waals surface area contributed by atoms with E-state index < -0.39 is 5.54 Å². The molecule has 0 radical (unpaired) electrons. The van der Waals surface area contributed by atoms with Crippen molar-refractivity contribution in [2.75, 3.05) is 6.54 Å². The Bertz CT molecular complexity index is 482. The number of nitrogens with one attached hydrogen (secondary N) is 1. The van der Waals surface area contributed by atoms with Gasteiger partial charge in [0.1, 0.15) is 11.4 Å². The molecule has 0 aliphatic carbocycles. The summed E-state index contributed by atoms with van der Waals surface area (Å²) in [4.78, 5) is 25.1. The van der Waals surface area contributed by atoms with Gasteiger partial charge in [-0.15, -0.1) is 0 Å². The fourth-order valence-corrected chi connectivity index (χ4v) is 2.02. The number of nitrogens with zero attached hydrogens (tertiary/aromatic N) is 1. The van der Waals surface area contributed by atoms with Crippen molar-refractivity contribution in [1.29, 1.82) is 0 Å². The van der Waals surface area contributed by atoms with Crippen LogP contribution >= 0.6 is 0 Å². The number of benzene rings is 1. The molecule has 1 N–H and O–H groups in total. The molecule has 1 heterocycles. The second-order valence-corrected chi connectivity index (χ2v) is 4.96. The Morgan fingerprint density at radius 3 is 2.50 bits per heavy atom. The Balaban J connectivity index is 2.15. The molecule has 4 nitrogen and oxygen atoms in total. The Morgan fingerprint density at radius 2 is 1.89 bits per heavy atom. The maximum Gasteiger partial charge on any atom is 0.248 e. The van der Waals surface area contributed by atoms with E-state index in [0.29, 0.717) is 6.54 Å². The summed E-state index contributed by atoms with van der Waals surface area (Å²) in [7, 11) is 0. The van der Waals surface area contributed by atoms with Crippen LogP contribution in [0.4, 0.5) is 4.39 Å². The van der Waals surface area contributed by atoms with Crippen molar-refractivity contribution < 1.29 is 14.0 Å². The molecule has 0 unspecified atom stereocenters. The van der Waals surface area contributed by atoms with E-state index in [1.807, 2.05) is 0 Å². The molecule has 2 rings (SSSR count). The number of piperazine rings is 1. The highest BCUT2D eigenvalue weighted by Crippen LogP contribution is 2.16. The van der Waals surface area contributed by atoms with Gasteiger partial charge in [-0.2, -0.15) is 0 Å². The maximum absolute atomic E-state index is 12.8. The summed E-state index contributed by atoms with van der Waals surface area (Å²) in [5.74, 6) is -0.630. The maximum atomic E-state index is 12.8. The molecule has 1 saturated heterocycles. The second kappa shape index (κ2) is 4.40. The average Bonchev–Trinajstić information content (AvgIpc) is 2.28. The van der Waals surface area contributed by atoms with Crippen molar-refractivity contribution in [2.45, 2.75) is 25.9 Å². The van der Waals surface area contributed by atoms with E-state index in [-0.39, 0.29) is 24.2 Å². The van der Waals surface area contributed by atoms with E-state index in [2.05, 4.69) is 5.32 Å². The first-order chi connectivity index (χ1) is 8.38. The van der Waals surface area contributed by atoms with Crippen molar-refractivity contribution in [2.24, 2.45) is 0 Å². The molecule has 5 heteroatoms. The van der Waals surface area contributed by atoms with Gasteiger partial charge in [-0.1, -0.05) is 12.1 Å². The van der Waals surface area contributed by atoms with Crippen LogP contribution in [0.1, 0.15) is 19.4 Å². The summed E-state index contributed by atoms with van der Waals surface area (Å²) in [5, 5.41) is 2.64. The van der Waals surface area contributed by atoms with Gasteiger partial charge in [0.15, 0.2) is 0 Å². The third-order valence-corrected chi connectivity index (χ3v) is 2.89. The summed E-state index contributed by atoms with van der Waals surface area (Å²) < 4.78 is 12.8. The van der Waals surface area contributed by atoms with Gasteiger partial charge in [-0.25, -0.2) is 4.39 Å². The van der Waals surface area contributed by atoms with Gasteiger partial charge in [0.25, 0.3) is 0 Å². The molecule has 96 valence electrons. The molecule has 1 aromatic rings. The van der Waals surface area contributed by atoms with Crippen LogP contribution in [0.25, 0.3) is 0 Å². The van der Waals surface area contributed by atoms with Crippen molar-refractivity contribution in [3.8, 4) is 0 Å². The van der Waals surface area contributed by atoms with Gasteiger partial charge in [0.2, 0.25) is 11.8 Å². The molecule has 18 heavy (non-hydrogen) atoms. The van der Waals surface area contributed by atoms with E-state index in [9.17, 15) is 14.0 Å². The molecule has 1 aliphatic rings.